The third kappa shape index (κ3) is 6.01. The SMILES string of the molecule is CCCCCCCOC(CBr)c1cccc(C)c1. The van der Waals surface area contributed by atoms with Gasteiger partial charge in [-0.3, -0.25) is 0 Å². The van der Waals surface area contributed by atoms with Crippen LogP contribution in [0.1, 0.15) is 56.3 Å². The molecule has 0 aliphatic heterocycles. The minimum absolute atomic E-state index is 0.191. The lowest BCUT2D eigenvalue weighted by molar-refractivity contribution is 0.0667. The van der Waals surface area contributed by atoms with Gasteiger partial charge < -0.3 is 4.74 Å². The van der Waals surface area contributed by atoms with Gasteiger partial charge in [-0.05, 0) is 18.9 Å². The van der Waals surface area contributed by atoms with Crippen LogP contribution in [-0.2, 0) is 4.74 Å². The molecule has 1 aromatic carbocycles. The zero-order chi connectivity index (χ0) is 13.2. The first-order valence-corrected chi connectivity index (χ1v) is 8.14. The summed E-state index contributed by atoms with van der Waals surface area (Å²) in [5.74, 6) is 0. The minimum Gasteiger partial charge on any atom is -0.373 e. The fourth-order valence-corrected chi connectivity index (χ4v) is 2.59. The van der Waals surface area contributed by atoms with Crippen LogP contribution in [0.25, 0.3) is 0 Å². The van der Waals surface area contributed by atoms with Crippen molar-refractivity contribution in [2.45, 2.75) is 52.1 Å². The summed E-state index contributed by atoms with van der Waals surface area (Å²) in [4.78, 5) is 0. The van der Waals surface area contributed by atoms with E-state index in [0.29, 0.717) is 0 Å². The zero-order valence-corrected chi connectivity index (χ0v) is 13.2. The predicted molar refractivity (Wildman–Crippen MR) is 82.4 cm³/mol. The molecule has 0 bridgehead atoms. The highest BCUT2D eigenvalue weighted by atomic mass is 79.9. The number of alkyl halides is 1. The van der Waals surface area contributed by atoms with E-state index in [1.165, 1.54) is 43.2 Å². The number of ether oxygens (including phenoxy) is 1. The molecule has 0 aliphatic carbocycles. The third-order valence-electron chi connectivity index (χ3n) is 3.12. The maximum absolute atomic E-state index is 5.97. The van der Waals surface area contributed by atoms with Gasteiger partial charge in [0.15, 0.2) is 0 Å². The van der Waals surface area contributed by atoms with Crippen LogP contribution in [-0.4, -0.2) is 11.9 Å². The van der Waals surface area contributed by atoms with Gasteiger partial charge in [0.2, 0.25) is 0 Å². The molecule has 1 nitrogen and oxygen atoms in total. The predicted octanol–water partition coefficient (Wildman–Crippen LogP) is 5.42. The molecule has 1 atom stereocenters. The van der Waals surface area contributed by atoms with Crippen molar-refractivity contribution in [1.82, 2.24) is 0 Å². The monoisotopic (exact) mass is 312 g/mol. The van der Waals surface area contributed by atoms with E-state index in [2.05, 4.69) is 54.0 Å². The summed E-state index contributed by atoms with van der Waals surface area (Å²) >= 11 is 3.55. The molecule has 0 saturated carbocycles. The number of hydrogen-bond acceptors (Lipinski definition) is 1. The molecule has 0 N–H and O–H groups in total. The second-order valence-electron chi connectivity index (χ2n) is 4.84. The van der Waals surface area contributed by atoms with E-state index in [0.717, 1.165) is 11.9 Å². The minimum atomic E-state index is 0.191. The Morgan fingerprint density at radius 3 is 2.61 bits per heavy atom. The average Bonchev–Trinajstić information content (AvgIpc) is 2.38. The van der Waals surface area contributed by atoms with Crippen LogP contribution in [0.2, 0.25) is 0 Å². The van der Waals surface area contributed by atoms with Crippen LogP contribution in [0.5, 0.6) is 0 Å². The molecule has 0 aliphatic rings. The number of rotatable bonds is 9. The van der Waals surface area contributed by atoms with Crippen molar-refractivity contribution in [3.8, 4) is 0 Å². The second-order valence-corrected chi connectivity index (χ2v) is 5.49. The topological polar surface area (TPSA) is 9.23 Å². The molecular formula is C16H25BrO. The molecule has 1 rings (SSSR count). The van der Waals surface area contributed by atoms with E-state index in [9.17, 15) is 0 Å². The average molecular weight is 313 g/mol. The molecule has 0 aromatic heterocycles. The Morgan fingerprint density at radius 1 is 1.17 bits per heavy atom. The lowest BCUT2D eigenvalue weighted by Crippen LogP contribution is -2.07. The Bertz CT molecular complexity index is 325. The normalized spacial score (nSPS) is 12.6. The van der Waals surface area contributed by atoms with Gasteiger partial charge in [0.05, 0.1) is 6.10 Å². The van der Waals surface area contributed by atoms with E-state index < -0.39 is 0 Å². The van der Waals surface area contributed by atoms with Gasteiger partial charge in [0, 0.05) is 11.9 Å². The Hall–Kier alpha value is -0.340. The quantitative estimate of drug-likeness (QED) is 0.437. The number of unbranched alkanes of at least 4 members (excludes halogenated alkanes) is 4. The fraction of sp³-hybridized carbons (Fsp3) is 0.625. The summed E-state index contributed by atoms with van der Waals surface area (Å²) in [6.07, 6.45) is 6.64. The standard InChI is InChI=1S/C16H25BrO/c1-3-4-5-6-7-11-18-16(13-17)15-10-8-9-14(2)12-15/h8-10,12,16H,3-7,11,13H2,1-2H3. The lowest BCUT2D eigenvalue weighted by atomic mass is 10.1. The molecular weight excluding hydrogens is 288 g/mol. The summed E-state index contributed by atoms with van der Waals surface area (Å²) in [7, 11) is 0. The highest BCUT2D eigenvalue weighted by Gasteiger charge is 2.10. The summed E-state index contributed by atoms with van der Waals surface area (Å²) in [6, 6.07) is 8.59. The highest BCUT2D eigenvalue weighted by molar-refractivity contribution is 9.09. The molecule has 0 spiro atoms. The van der Waals surface area contributed by atoms with Gasteiger partial charge in [-0.25, -0.2) is 0 Å². The van der Waals surface area contributed by atoms with E-state index in [1.807, 2.05) is 0 Å². The Kier molecular flexibility index (Phi) is 8.36. The fourth-order valence-electron chi connectivity index (χ4n) is 2.03. The Morgan fingerprint density at radius 2 is 1.94 bits per heavy atom. The van der Waals surface area contributed by atoms with Gasteiger partial charge >= 0.3 is 0 Å². The molecule has 0 fully saturated rings. The first-order chi connectivity index (χ1) is 8.77. The van der Waals surface area contributed by atoms with Crippen LogP contribution in [0.3, 0.4) is 0 Å². The van der Waals surface area contributed by atoms with Crippen molar-refractivity contribution < 1.29 is 4.74 Å². The first kappa shape index (κ1) is 15.7. The molecule has 0 radical (unpaired) electrons. The number of halogens is 1. The lowest BCUT2D eigenvalue weighted by Gasteiger charge is -2.16. The second kappa shape index (κ2) is 9.57. The van der Waals surface area contributed by atoms with Crippen LogP contribution in [0, 0.1) is 6.92 Å². The molecule has 18 heavy (non-hydrogen) atoms. The number of benzene rings is 1. The van der Waals surface area contributed by atoms with Crippen LogP contribution < -0.4 is 0 Å². The van der Waals surface area contributed by atoms with E-state index in [1.54, 1.807) is 0 Å². The molecule has 0 amide bonds. The van der Waals surface area contributed by atoms with Crippen molar-refractivity contribution in [3.63, 3.8) is 0 Å². The van der Waals surface area contributed by atoms with E-state index in [-0.39, 0.29) is 6.10 Å². The first-order valence-electron chi connectivity index (χ1n) is 7.02. The van der Waals surface area contributed by atoms with Crippen molar-refractivity contribution in [2.24, 2.45) is 0 Å². The molecule has 0 heterocycles. The Balaban J connectivity index is 2.29. The number of hydrogen-bond donors (Lipinski definition) is 0. The van der Waals surface area contributed by atoms with E-state index in [4.69, 9.17) is 4.74 Å². The third-order valence-corrected chi connectivity index (χ3v) is 3.71. The maximum Gasteiger partial charge on any atom is 0.0921 e. The van der Waals surface area contributed by atoms with Crippen LogP contribution in [0.15, 0.2) is 24.3 Å². The van der Waals surface area contributed by atoms with E-state index >= 15 is 0 Å². The van der Waals surface area contributed by atoms with Crippen molar-refractivity contribution in [3.05, 3.63) is 35.4 Å². The molecule has 102 valence electrons. The molecule has 2 heteroatoms. The van der Waals surface area contributed by atoms with Gasteiger partial charge in [-0.2, -0.15) is 0 Å². The smallest absolute Gasteiger partial charge is 0.0921 e. The molecule has 1 unspecified atom stereocenters. The zero-order valence-electron chi connectivity index (χ0n) is 11.6. The summed E-state index contributed by atoms with van der Waals surface area (Å²) < 4.78 is 5.97. The van der Waals surface area contributed by atoms with Crippen LogP contribution >= 0.6 is 15.9 Å². The van der Waals surface area contributed by atoms with Crippen molar-refractivity contribution in [1.29, 1.82) is 0 Å². The summed E-state index contributed by atoms with van der Waals surface area (Å²) in [5.41, 5.74) is 2.57. The Labute approximate surface area is 120 Å². The van der Waals surface area contributed by atoms with Crippen molar-refractivity contribution in [2.75, 3.05) is 11.9 Å². The van der Waals surface area contributed by atoms with Gasteiger partial charge in [-0.15, -0.1) is 0 Å². The molecule has 1 aromatic rings. The molecule has 0 saturated heterocycles. The van der Waals surface area contributed by atoms with Gasteiger partial charge in [0.25, 0.3) is 0 Å². The van der Waals surface area contributed by atoms with Crippen molar-refractivity contribution >= 4 is 15.9 Å². The van der Waals surface area contributed by atoms with Crippen LogP contribution in [0.4, 0.5) is 0 Å². The van der Waals surface area contributed by atoms with Gasteiger partial charge in [0.1, 0.15) is 0 Å². The largest absolute Gasteiger partial charge is 0.373 e. The summed E-state index contributed by atoms with van der Waals surface area (Å²) in [6.45, 7) is 5.24. The van der Waals surface area contributed by atoms with Gasteiger partial charge in [-0.1, -0.05) is 78.4 Å². The maximum atomic E-state index is 5.97. The number of aryl methyl sites for hydroxylation is 1. The summed E-state index contributed by atoms with van der Waals surface area (Å²) in [5, 5.41) is 0.866. The highest BCUT2D eigenvalue weighted by Crippen LogP contribution is 2.21.